The number of aliphatic carboxylic acids is 1. The van der Waals surface area contributed by atoms with Crippen LogP contribution in [0.4, 0.5) is 0 Å². The lowest BCUT2D eigenvalue weighted by Crippen LogP contribution is -2.53. The Labute approximate surface area is 220 Å². The predicted molar refractivity (Wildman–Crippen MR) is 144 cm³/mol. The van der Waals surface area contributed by atoms with Crippen LogP contribution in [0.1, 0.15) is 119 Å². The largest absolute Gasteiger partial charge is 0.481 e. The fraction of sp³-hybridized carbons (Fsp3) is 0.875. The van der Waals surface area contributed by atoms with Crippen molar-refractivity contribution in [2.45, 2.75) is 125 Å². The SMILES string of the molecule is CC(C)CCC[C@@H](C)[C@H]1CC[C@H]2C3=CCC4[C@H](C)[C@@H](OC(=O)CCC(=O)O)CC[C@]4(C)[C@H]3CC[C@]12C. The Bertz CT molecular complexity index is 845. The zero-order chi connectivity index (χ0) is 26.3. The van der Waals surface area contributed by atoms with E-state index in [0.717, 1.165) is 42.9 Å². The number of carbonyl (C=O) groups excluding carboxylic acids is 1. The fourth-order valence-electron chi connectivity index (χ4n) is 9.56. The van der Waals surface area contributed by atoms with Gasteiger partial charge in [-0.25, -0.2) is 0 Å². The summed E-state index contributed by atoms with van der Waals surface area (Å²) in [5.41, 5.74) is 2.55. The highest BCUT2D eigenvalue weighted by Gasteiger charge is 2.59. The van der Waals surface area contributed by atoms with Crippen LogP contribution < -0.4 is 0 Å². The first-order valence-electron chi connectivity index (χ1n) is 15.1. The first kappa shape index (κ1) is 27.7. The molecular weight excluding hydrogens is 448 g/mol. The van der Waals surface area contributed by atoms with Gasteiger partial charge in [0.1, 0.15) is 6.10 Å². The minimum absolute atomic E-state index is 0.0233. The molecule has 1 N–H and O–H groups in total. The summed E-state index contributed by atoms with van der Waals surface area (Å²) in [6, 6.07) is 0. The van der Waals surface area contributed by atoms with Gasteiger partial charge in [0.2, 0.25) is 0 Å². The zero-order valence-electron chi connectivity index (χ0n) is 23.9. The molecule has 9 atom stereocenters. The van der Waals surface area contributed by atoms with Crippen LogP contribution in [0.25, 0.3) is 0 Å². The lowest BCUT2D eigenvalue weighted by atomic mass is 9.46. The van der Waals surface area contributed by atoms with Crippen LogP contribution in [0, 0.1) is 52.3 Å². The number of carbonyl (C=O) groups is 2. The molecule has 0 aliphatic heterocycles. The van der Waals surface area contributed by atoms with Gasteiger partial charge in [0.05, 0.1) is 12.8 Å². The molecular formula is C32H52O4. The van der Waals surface area contributed by atoms with Crippen molar-refractivity contribution in [2.24, 2.45) is 52.3 Å². The normalized spacial score (nSPS) is 40.6. The molecule has 0 spiro atoms. The van der Waals surface area contributed by atoms with E-state index < -0.39 is 5.97 Å². The van der Waals surface area contributed by atoms with Crippen LogP contribution in [0.15, 0.2) is 11.6 Å². The lowest BCUT2D eigenvalue weighted by Gasteiger charge is -2.59. The highest BCUT2D eigenvalue weighted by atomic mass is 16.5. The van der Waals surface area contributed by atoms with Gasteiger partial charge >= 0.3 is 11.9 Å². The summed E-state index contributed by atoms with van der Waals surface area (Å²) >= 11 is 0. The van der Waals surface area contributed by atoms with E-state index in [1.165, 1.54) is 44.9 Å². The first-order chi connectivity index (χ1) is 17.0. The smallest absolute Gasteiger partial charge is 0.306 e. The number of allylic oxidation sites excluding steroid dienone is 2. The maximum absolute atomic E-state index is 12.3. The summed E-state index contributed by atoms with van der Waals surface area (Å²) in [5.74, 6) is 3.50. The summed E-state index contributed by atoms with van der Waals surface area (Å²) in [4.78, 5) is 23.1. The summed E-state index contributed by atoms with van der Waals surface area (Å²) in [5, 5.41) is 8.89. The van der Waals surface area contributed by atoms with Crippen molar-refractivity contribution in [2.75, 3.05) is 0 Å². The number of esters is 1. The van der Waals surface area contributed by atoms with Gasteiger partial charge in [-0.3, -0.25) is 9.59 Å². The monoisotopic (exact) mass is 500 g/mol. The molecule has 0 amide bonds. The maximum Gasteiger partial charge on any atom is 0.306 e. The third-order valence-corrected chi connectivity index (χ3v) is 11.6. The van der Waals surface area contributed by atoms with E-state index in [9.17, 15) is 9.59 Å². The molecule has 4 rings (SSSR count). The molecule has 4 heteroatoms. The van der Waals surface area contributed by atoms with Crippen LogP contribution in [0.2, 0.25) is 0 Å². The van der Waals surface area contributed by atoms with E-state index in [2.05, 4.69) is 47.6 Å². The van der Waals surface area contributed by atoms with Crippen molar-refractivity contribution in [3.05, 3.63) is 11.6 Å². The van der Waals surface area contributed by atoms with Crippen molar-refractivity contribution < 1.29 is 19.4 Å². The average Bonchev–Trinajstić information content (AvgIpc) is 3.16. The Hall–Kier alpha value is -1.32. The predicted octanol–water partition coefficient (Wildman–Crippen LogP) is 8.05. The number of carboxylic acids is 1. The quantitative estimate of drug-likeness (QED) is 0.257. The Morgan fingerprint density at radius 2 is 1.69 bits per heavy atom. The maximum atomic E-state index is 12.3. The molecule has 0 aromatic rings. The molecule has 0 aromatic carbocycles. The number of ether oxygens (including phenoxy) is 1. The van der Waals surface area contributed by atoms with Crippen molar-refractivity contribution >= 4 is 11.9 Å². The second kappa shape index (κ2) is 10.8. The fourth-order valence-corrected chi connectivity index (χ4v) is 9.56. The zero-order valence-corrected chi connectivity index (χ0v) is 23.9. The van der Waals surface area contributed by atoms with Crippen LogP contribution in [-0.2, 0) is 14.3 Å². The topological polar surface area (TPSA) is 63.6 Å². The highest BCUT2D eigenvalue weighted by Crippen LogP contribution is 2.67. The summed E-state index contributed by atoms with van der Waals surface area (Å²) in [6.45, 7) is 14.7. The van der Waals surface area contributed by atoms with E-state index in [-0.39, 0.29) is 30.3 Å². The van der Waals surface area contributed by atoms with Gasteiger partial charge in [-0.1, -0.05) is 72.5 Å². The number of fused-ring (bicyclic) bond motifs is 5. The number of rotatable bonds is 9. The van der Waals surface area contributed by atoms with Crippen LogP contribution >= 0.6 is 0 Å². The standard InChI is InChI=1S/C32H52O4/c1-20(2)8-7-9-21(3)24-12-13-26-23-10-11-25-22(4)28(36-30(35)15-14-29(33)34)17-19-32(25,6)27(23)16-18-31(24,26)5/h10,20-22,24-28H,7-9,11-19H2,1-6H3,(H,33,34)/t21-,22+,24-,25?,26+,27+,28+,31-,32+/m1/s1. The van der Waals surface area contributed by atoms with Crippen molar-refractivity contribution in [3.8, 4) is 0 Å². The first-order valence-corrected chi connectivity index (χ1v) is 15.1. The Morgan fingerprint density at radius 1 is 1.00 bits per heavy atom. The third kappa shape index (κ3) is 5.17. The Morgan fingerprint density at radius 3 is 2.39 bits per heavy atom. The molecule has 0 bridgehead atoms. The van der Waals surface area contributed by atoms with E-state index in [1.54, 1.807) is 5.57 Å². The van der Waals surface area contributed by atoms with Gasteiger partial charge in [0.25, 0.3) is 0 Å². The number of carboxylic acid groups (broad SMARTS) is 1. The van der Waals surface area contributed by atoms with Crippen molar-refractivity contribution in [1.29, 1.82) is 0 Å². The number of hydrogen-bond donors (Lipinski definition) is 1. The molecule has 3 fully saturated rings. The van der Waals surface area contributed by atoms with Gasteiger partial charge in [-0.2, -0.15) is 0 Å². The molecule has 4 aliphatic carbocycles. The second-order valence-corrected chi connectivity index (χ2v) is 14.0. The van der Waals surface area contributed by atoms with Gasteiger partial charge in [-0.05, 0) is 97.2 Å². The van der Waals surface area contributed by atoms with Gasteiger partial charge in [-0.15, -0.1) is 0 Å². The van der Waals surface area contributed by atoms with Gasteiger partial charge < -0.3 is 9.84 Å². The van der Waals surface area contributed by atoms with E-state index in [4.69, 9.17) is 9.84 Å². The minimum atomic E-state index is -0.940. The highest BCUT2D eigenvalue weighted by molar-refractivity contribution is 5.76. The second-order valence-electron chi connectivity index (χ2n) is 14.0. The molecule has 3 saturated carbocycles. The summed E-state index contributed by atoms with van der Waals surface area (Å²) in [6.07, 6.45) is 15.1. The molecule has 0 radical (unpaired) electrons. The van der Waals surface area contributed by atoms with Crippen molar-refractivity contribution in [3.63, 3.8) is 0 Å². The molecule has 0 heterocycles. The Kier molecular flexibility index (Phi) is 8.32. The Balaban J connectivity index is 1.44. The molecule has 4 nitrogen and oxygen atoms in total. The molecule has 0 aromatic heterocycles. The third-order valence-electron chi connectivity index (χ3n) is 11.6. The minimum Gasteiger partial charge on any atom is -0.481 e. The molecule has 0 saturated heterocycles. The van der Waals surface area contributed by atoms with E-state index >= 15 is 0 Å². The van der Waals surface area contributed by atoms with E-state index in [1.807, 2.05) is 0 Å². The van der Waals surface area contributed by atoms with Gasteiger partial charge in [0.15, 0.2) is 0 Å². The lowest BCUT2D eigenvalue weighted by molar-refractivity contribution is -0.163. The molecule has 36 heavy (non-hydrogen) atoms. The van der Waals surface area contributed by atoms with E-state index in [0.29, 0.717) is 23.2 Å². The van der Waals surface area contributed by atoms with Crippen LogP contribution in [0.5, 0.6) is 0 Å². The molecule has 1 unspecified atom stereocenters. The van der Waals surface area contributed by atoms with Crippen molar-refractivity contribution in [1.82, 2.24) is 0 Å². The molecule has 4 aliphatic rings. The summed E-state index contributed by atoms with van der Waals surface area (Å²) < 4.78 is 5.83. The summed E-state index contributed by atoms with van der Waals surface area (Å²) in [7, 11) is 0. The van der Waals surface area contributed by atoms with Crippen LogP contribution in [0.3, 0.4) is 0 Å². The van der Waals surface area contributed by atoms with Gasteiger partial charge in [0, 0.05) is 0 Å². The number of hydrogen-bond acceptors (Lipinski definition) is 3. The average molecular weight is 501 g/mol. The van der Waals surface area contributed by atoms with Crippen LogP contribution in [-0.4, -0.2) is 23.1 Å². The molecule has 204 valence electrons.